The van der Waals surface area contributed by atoms with Crippen molar-refractivity contribution < 1.29 is 33.3 Å². The quantitative estimate of drug-likeness (QED) is 0.118. The first kappa shape index (κ1) is 39.0. The van der Waals surface area contributed by atoms with Crippen LogP contribution in [0.3, 0.4) is 0 Å². The van der Waals surface area contributed by atoms with Crippen molar-refractivity contribution in [1.82, 2.24) is 15.0 Å². The van der Waals surface area contributed by atoms with E-state index in [1.807, 2.05) is 49.6 Å². The summed E-state index contributed by atoms with van der Waals surface area (Å²) in [4.78, 5) is 14.0. The van der Waals surface area contributed by atoms with Crippen LogP contribution in [0.15, 0.2) is 124 Å². The van der Waals surface area contributed by atoms with E-state index in [9.17, 15) is 4.39 Å². The summed E-state index contributed by atoms with van der Waals surface area (Å²) in [6.45, 7) is 13.4. The Kier molecular flexibility index (Phi) is 11.2. The molecule has 8 heteroatoms. The van der Waals surface area contributed by atoms with Gasteiger partial charge in [0.2, 0.25) is 0 Å². The van der Waals surface area contributed by atoms with Crippen LogP contribution in [0.5, 0.6) is 0 Å². The summed E-state index contributed by atoms with van der Waals surface area (Å²) in [6, 6.07) is 40.1. The van der Waals surface area contributed by atoms with Gasteiger partial charge in [-0.2, -0.15) is 0 Å². The molecule has 0 atom stereocenters. The molecule has 0 aliphatic heterocycles. The Hall–Kier alpha value is -5.27. The molecule has 5 heterocycles. The second kappa shape index (κ2) is 16.1. The molecule has 0 aliphatic rings. The fourth-order valence-corrected chi connectivity index (χ4v) is 8.13. The van der Waals surface area contributed by atoms with E-state index >= 15 is 0 Å². The van der Waals surface area contributed by atoms with E-state index in [-0.39, 0.29) is 25.9 Å². The molecule has 0 unspecified atom stereocenters. The van der Waals surface area contributed by atoms with E-state index in [0.29, 0.717) is 17.1 Å². The van der Waals surface area contributed by atoms with E-state index in [4.69, 9.17) is 13.8 Å². The molecule has 5 nitrogen and oxygen atoms in total. The molecule has 1 radical (unpaired) electrons. The number of benzene rings is 4. The van der Waals surface area contributed by atoms with E-state index in [1.165, 1.54) is 28.4 Å². The molecule has 0 N–H and O–H groups in total. The number of nitrogens with zero attached hydrogens (tertiary/aromatic N) is 3. The van der Waals surface area contributed by atoms with Gasteiger partial charge in [0.25, 0.3) is 0 Å². The number of rotatable bonds is 7. The van der Waals surface area contributed by atoms with Crippen molar-refractivity contribution in [2.75, 3.05) is 0 Å². The molecule has 9 aromatic rings. The topological polar surface area (TPSA) is 65.0 Å². The van der Waals surface area contributed by atoms with Gasteiger partial charge in [-0.05, 0) is 65.7 Å². The van der Waals surface area contributed by atoms with Crippen LogP contribution in [0.2, 0.25) is 19.6 Å². The number of hydrogen-bond donors (Lipinski definition) is 0. The van der Waals surface area contributed by atoms with Crippen LogP contribution < -0.4 is 5.19 Å². The molecule has 0 bridgehead atoms. The zero-order chi connectivity index (χ0) is 38.3. The molecule has 0 fully saturated rings. The van der Waals surface area contributed by atoms with Crippen molar-refractivity contribution in [2.24, 2.45) is 5.92 Å². The second-order valence-corrected chi connectivity index (χ2v) is 20.7. The fourth-order valence-electron chi connectivity index (χ4n) is 7.09. The fraction of sp³-hybridized carbons (Fsp3) is 0.188. The van der Waals surface area contributed by atoms with Crippen molar-refractivity contribution >= 4 is 57.1 Å². The van der Waals surface area contributed by atoms with Gasteiger partial charge in [-0.3, -0.25) is 4.98 Å². The minimum absolute atomic E-state index is 0. The molecule has 0 saturated heterocycles. The normalized spacial score (nSPS) is 11.6. The first-order valence-corrected chi connectivity index (χ1v) is 22.2. The molecule has 0 amide bonds. The summed E-state index contributed by atoms with van der Waals surface area (Å²) in [6.07, 6.45) is 5.63. The maximum Gasteiger partial charge on any atom is 0.142 e. The zero-order valence-corrected chi connectivity index (χ0v) is 35.7. The van der Waals surface area contributed by atoms with Gasteiger partial charge in [-0.15, -0.1) is 42.0 Å². The predicted molar refractivity (Wildman–Crippen MR) is 225 cm³/mol. The Bertz CT molecular complexity index is 2810. The number of pyridine rings is 3. The number of fused-ring (bicyclic) bond motifs is 6. The van der Waals surface area contributed by atoms with Gasteiger partial charge in [0.1, 0.15) is 17.0 Å². The molecule has 0 aliphatic carbocycles. The van der Waals surface area contributed by atoms with E-state index in [0.717, 1.165) is 79.5 Å². The second-order valence-electron chi connectivity index (χ2n) is 15.6. The SMILES string of the molecule is C[Si](C)(C)c1ccc(-c2[c-]ccc3c2oc2cc(F)ccc23)nc1.Cc1cc2c(oc3c[c-]c(-c4cc(CC(C)C)ccn4)cc32)c(Cc2ccccc2)n1.[Ir]. The van der Waals surface area contributed by atoms with Crippen LogP contribution in [0, 0.1) is 30.8 Å². The minimum atomic E-state index is -1.38. The molecule has 0 saturated carbocycles. The Morgan fingerprint density at radius 3 is 2.29 bits per heavy atom. The predicted octanol–water partition coefficient (Wildman–Crippen LogP) is 12.1. The van der Waals surface area contributed by atoms with Crippen molar-refractivity contribution in [3.05, 3.63) is 156 Å². The Morgan fingerprint density at radius 1 is 0.732 bits per heavy atom. The molecule has 4 aromatic carbocycles. The van der Waals surface area contributed by atoms with Crippen LogP contribution in [-0.4, -0.2) is 23.0 Å². The Morgan fingerprint density at radius 2 is 1.54 bits per heavy atom. The van der Waals surface area contributed by atoms with Gasteiger partial charge in [0.05, 0.1) is 24.9 Å². The number of halogens is 1. The van der Waals surface area contributed by atoms with Crippen molar-refractivity contribution in [3.63, 3.8) is 0 Å². The summed E-state index contributed by atoms with van der Waals surface area (Å²) < 4.78 is 25.6. The zero-order valence-electron chi connectivity index (χ0n) is 32.3. The molecule has 5 aromatic heterocycles. The summed E-state index contributed by atoms with van der Waals surface area (Å²) in [5.41, 5.74) is 11.0. The average Bonchev–Trinajstić information content (AvgIpc) is 3.72. The van der Waals surface area contributed by atoms with Gasteiger partial charge in [0.15, 0.2) is 0 Å². The third-order valence-corrected chi connectivity index (χ3v) is 11.9. The van der Waals surface area contributed by atoms with Gasteiger partial charge in [-0.25, -0.2) is 4.39 Å². The summed E-state index contributed by atoms with van der Waals surface area (Å²) in [7, 11) is -1.38. The molecule has 9 rings (SSSR count). The molecule has 0 spiro atoms. The van der Waals surface area contributed by atoms with Gasteiger partial charge in [0, 0.05) is 61.5 Å². The van der Waals surface area contributed by atoms with Gasteiger partial charge < -0.3 is 18.8 Å². The number of hydrogen-bond acceptors (Lipinski definition) is 5. The van der Waals surface area contributed by atoms with E-state index < -0.39 is 8.07 Å². The van der Waals surface area contributed by atoms with Gasteiger partial charge >= 0.3 is 0 Å². The van der Waals surface area contributed by atoms with Gasteiger partial charge in [-0.1, -0.05) is 104 Å². The maximum atomic E-state index is 13.5. The largest absolute Gasteiger partial charge is 0.500 e. The van der Waals surface area contributed by atoms with Crippen LogP contribution >= 0.6 is 0 Å². The monoisotopic (exact) mass is 932 g/mol. The maximum absolute atomic E-state index is 13.5. The van der Waals surface area contributed by atoms with Crippen molar-refractivity contribution in [2.45, 2.75) is 53.3 Å². The molecular weight excluding hydrogens is 890 g/mol. The number of furan rings is 2. The third-order valence-electron chi connectivity index (χ3n) is 9.83. The first-order valence-electron chi connectivity index (χ1n) is 18.7. The number of aryl methyl sites for hydroxylation is 1. The van der Waals surface area contributed by atoms with Crippen LogP contribution in [0.4, 0.5) is 4.39 Å². The van der Waals surface area contributed by atoms with E-state index in [2.05, 4.69) is 110 Å². The standard InChI is InChI=1S/C28H25N2O.C20H17FNOSi.Ir/c1-18(2)13-21-11-12-29-25(16-21)22-9-10-27-23(17-22)24-14-19(3)30-26(28(24)31-27)15-20-7-5-4-6-8-20;1-24(2,3)14-8-10-18(22-12-14)17-6-4-5-16-15-9-7-13(21)11-19(15)23-20(16)17;/h4-8,10-12,14,16-18H,13,15H2,1-3H3;4-5,7-12H,1-3H3;/q2*-1;. The van der Waals surface area contributed by atoms with Crippen LogP contribution in [0.1, 0.15) is 36.4 Å². The average molecular weight is 932 g/mol. The van der Waals surface area contributed by atoms with E-state index in [1.54, 1.807) is 6.07 Å². The smallest absolute Gasteiger partial charge is 0.142 e. The summed E-state index contributed by atoms with van der Waals surface area (Å²) in [5, 5.41) is 5.35. The Labute approximate surface area is 341 Å². The first-order chi connectivity index (χ1) is 26.5. The summed E-state index contributed by atoms with van der Waals surface area (Å²) >= 11 is 0. The molecule has 283 valence electrons. The molecule has 56 heavy (non-hydrogen) atoms. The minimum Gasteiger partial charge on any atom is -0.500 e. The van der Waals surface area contributed by atoms with Crippen LogP contribution in [-0.2, 0) is 32.9 Å². The summed E-state index contributed by atoms with van der Waals surface area (Å²) in [5.74, 6) is 0.308. The third kappa shape index (κ3) is 8.15. The number of aromatic nitrogens is 3. The van der Waals surface area contributed by atoms with Crippen molar-refractivity contribution in [3.8, 4) is 22.5 Å². The Balaban J connectivity index is 0.000000174. The van der Waals surface area contributed by atoms with Crippen molar-refractivity contribution in [1.29, 1.82) is 0 Å². The van der Waals surface area contributed by atoms with Crippen LogP contribution in [0.25, 0.3) is 66.4 Å². The molecular formula is C48H42FIrN3O2Si-2.